The quantitative estimate of drug-likeness (QED) is 0.775. The van der Waals surface area contributed by atoms with Crippen LogP contribution in [0.5, 0.6) is 0 Å². The summed E-state index contributed by atoms with van der Waals surface area (Å²) in [4.78, 5) is 15.8. The maximum absolute atomic E-state index is 11.9. The van der Waals surface area contributed by atoms with Crippen molar-refractivity contribution in [2.45, 2.75) is 13.3 Å². The highest BCUT2D eigenvalue weighted by Gasteiger charge is 2.05. The Hall–Kier alpha value is -2.21. The van der Waals surface area contributed by atoms with E-state index in [9.17, 15) is 4.79 Å². The van der Waals surface area contributed by atoms with Gasteiger partial charge in [-0.1, -0.05) is 0 Å². The van der Waals surface area contributed by atoms with Crippen molar-refractivity contribution in [1.82, 2.24) is 20.1 Å². The van der Waals surface area contributed by atoms with Crippen LogP contribution in [0.4, 0.5) is 0 Å². The number of benzene rings is 1. The fourth-order valence-electron chi connectivity index (χ4n) is 1.73. The van der Waals surface area contributed by atoms with E-state index < -0.39 is 0 Å². The van der Waals surface area contributed by atoms with Gasteiger partial charge in [0, 0.05) is 25.3 Å². The minimum absolute atomic E-state index is 0.0772. The Balaban J connectivity index is 1.85. The van der Waals surface area contributed by atoms with E-state index in [0.29, 0.717) is 25.3 Å². The molecule has 106 valence electrons. The third-order valence-electron chi connectivity index (χ3n) is 2.77. The van der Waals surface area contributed by atoms with E-state index in [1.165, 1.54) is 6.33 Å². The molecule has 0 radical (unpaired) electrons. The van der Waals surface area contributed by atoms with Crippen molar-refractivity contribution in [2.75, 3.05) is 19.8 Å². The van der Waals surface area contributed by atoms with Crippen LogP contribution in [-0.4, -0.2) is 40.4 Å². The van der Waals surface area contributed by atoms with Crippen LogP contribution >= 0.6 is 0 Å². The van der Waals surface area contributed by atoms with Crippen LogP contribution in [0.1, 0.15) is 23.7 Å². The predicted molar refractivity (Wildman–Crippen MR) is 74.8 cm³/mol. The lowest BCUT2D eigenvalue weighted by molar-refractivity contribution is 0.0944. The molecule has 0 aliphatic carbocycles. The summed E-state index contributed by atoms with van der Waals surface area (Å²) in [5, 5.41) is 6.89. The average molecular weight is 274 g/mol. The molecule has 6 heteroatoms. The van der Waals surface area contributed by atoms with Gasteiger partial charge in [0.25, 0.3) is 5.91 Å². The predicted octanol–water partition coefficient (Wildman–Crippen LogP) is 1.42. The molecule has 0 fully saturated rings. The van der Waals surface area contributed by atoms with E-state index in [4.69, 9.17) is 4.74 Å². The smallest absolute Gasteiger partial charge is 0.251 e. The van der Waals surface area contributed by atoms with Gasteiger partial charge in [-0.05, 0) is 37.6 Å². The molecule has 1 amide bonds. The molecule has 0 atom stereocenters. The number of hydrogen-bond donors (Lipinski definition) is 1. The lowest BCUT2D eigenvalue weighted by Gasteiger charge is -2.06. The first-order valence-corrected chi connectivity index (χ1v) is 6.62. The first-order chi connectivity index (χ1) is 9.81. The van der Waals surface area contributed by atoms with Crippen molar-refractivity contribution in [3.8, 4) is 5.69 Å². The molecule has 1 N–H and O–H groups in total. The van der Waals surface area contributed by atoms with Gasteiger partial charge in [0.15, 0.2) is 0 Å². The number of hydrogen-bond acceptors (Lipinski definition) is 4. The second-order valence-electron chi connectivity index (χ2n) is 4.19. The molecule has 2 aromatic rings. The fraction of sp³-hybridized carbons (Fsp3) is 0.357. The topological polar surface area (TPSA) is 69.0 Å². The van der Waals surface area contributed by atoms with E-state index in [0.717, 1.165) is 12.1 Å². The van der Waals surface area contributed by atoms with Crippen molar-refractivity contribution in [3.05, 3.63) is 42.5 Å². The Kier molecular flexibility index (Phi) is 5.25. The summed E-state index contributed by atoms with van der Waals surface area (Å²) in [6.07, 6.45) is 3.90. The Morgan fingerprint density at radius 3 is 2.80 bits per heavy atom. The second kappa shape index (κ2) is 7.40. The van der Waals surface area contributed by atoms with Gasteiger partial charge in [0.1, 0.15) is 12.7 Å². The summed E-state index contributed by atoms with van der Waals surface area (Å²) < 4.78 is 6.85. The zero-order valence-corrected chi connectivity index (χ0v) is 11.5. The molecule has 1 aromatic heterocycles. The summed E-state index contributed by atoms with van der Waals surface area (Å²) in [5.74, 6) is -0.0772. The summed E-state index contributed by atoms with van der Waals surface area (Å²) in [7, 11) is 0. The van der Waals surface area contributed by atoms with Gasteiger partial charge in [0.05, 0.1) is 5.69 Å². The number of aromatic nitrogens is 3. The molecule has 6 nitrogen and oxygen atoms in total. The highest BCUT2D eigenvalue weighted by molar-refractivity contribution is 5.94. The van der Waals surface area contributed by atoms with E-state index in [2.05, 4.69) is 15.4 Å². The van der Waals surface area contributed by atoms with Gasteiger partial charge in [-0.3, -0.25) is 4.79 Å². The summed E-state index contributed by atoms with van der Waals surface area (Å²) in [6.45, 7) is 3.94. The molecule has 20 heavy (non-hydrogen) atoms. The van der Waals surface area contributed by atoms with Crippen molar-refractivity contribution in [3.63, 3.8) is 0 Å². The normalized spacial score (nSPS) is 10.4. The van der Waals surface area contributed by atoms with Crippen LogP contribution in [0, 0.1) is 0 Å². The van der Waals surface area contributed by atoms with Crippen molar-refractivity contribution in [1.29, 1.82) is 0 Å². The molecule has 0 spiro atoms. The second-order valence-corrected chi connectivity index (χ2v) is 4.19. The largest absolute Gasteiger partial charge is 0.382 e. The standard InChI is InChI=1S/C14H18N4O2/c1-2-20-9-3-8-16-14(19)12-4-6-13(7-5-12)18-11-15-10-17-18/h4-7,10-11H,2-3,8-9H2,1H3,(H,16,19). The number of rotatable bonds is 7. The summed E-state index contributed by atoms with van der Waals surface area (Å²) >= 11 is 0. The van der Waals surface area contributed by atoms with E-state index in [1.54, 1.807) is 23.1 Å². The van der Waals surface area contributed by atoms with Gasteiger partial charge in [0.2, 0.25) is 0 Å². The van der Waals surface area contributed by atoms with Gasteiger partial charge in [-0.2, -0.15) is 5.10 Å². The molecule has 0 bridgehead atoms. The van der Waals surface area contributed by atoms with Crippen LogP contribution in [-0.2, 0) is 4.74 Å². The van der Waals surface area contributed by atoms with Gasteiger partial charge in [-0.25, -0.2) is 9.67 Å². The van der Waals surface area contributed by atoms with Gasteiger partial charge in [-0.15, -0.1) is 0 Å². The first kappa shape index (κ1) is 14.2. The molecule has 0 aliphatic heterocycles. The molecule has 1 aromatic carbocycles. The number of carbonyl (C=O) groups is 1. The van der Waals surface area contributed by atoms with Crippen LogP contribution in [0.25, 0.3) is 5.69 Å². The van der Waals surface area contributed by atoms with Crippen LogP contribution in [0.15, 0.2) is 36.9 Å². The molecular weight excluding hydrogens is 256 g/mol. The maximum Gasteiger partial charge on any atom is 0.251 e. The third-order valence-corrected chi connectivity index (χ3v) is 2.77. The molecular formula is C14H18N4O2. The highest BCUT2D eigenvalue weighted by atomic mass is 16.5. The number of ether oxygens (including phenoxy) is 1. The molecule has 0 saturated carbocycles. The highest BCUT2D eigenvalue weighted by Crippen LogP contribution is 2.07. The number of amides is 1. The van der Waals surface area contributed by atoms with Gasteiger partial charge >= 0.3 is 0 Å². The number of carbonyl (C=O) groups excluding carboxylic acids is 1. The zero-order chi connectivity index (χ0) is 14.2. The van der Waals surface area contributed by atoms with E-state index in [1.807, 2.05) is 19.1 Å². The lowest BCUT2D eigenvalue weighted by Crippen LogP contribution is -2.25. The molecule has 0 unspecified atom stereocenters. The van der Waals surface area contributed by atoms with E-state index in [-0.39, 0.29) is 5.91 Å². The Morgan fingerprint density at radius 1 is 1.35 bits per heavy atom. The Morgan fingerprint density at radius 2 is 2.15 bits per heavy atom. The zero-order valence-electron chi connectivity index (χ0n) is 11.5. The van der Waals surface area contributed by atoms with Crippen molar-refractivity contribution < 1.29 is 9.53 Å². The summed E-state index contributed by atoms with van der Waals surface area (Å²) in [5.41, 5.74) is 1.50. The van der Waals surface area contributed by atoms with E-state index >= 15 is 0 Å². The minimum Gasteiger partial charge on any atom is -0.382 e. The maximum atomic E-state index is 11.9. The lowest BCUT2D eigenvalue weighted by atomic mass is 10.2. The average Bonchev–Trinajstić information content (AvgIpc) is 3.01. The number of nitrogens with one attached hydrogen (secondary N) is 1. The van der Waals surface area contributed by atoms with Crippen LogP contribution in [0.2, 0.25) is 0 Å². The van der Waals surface area contributed by atoms with Crippen LogP contribution in [0.3, 0.4) is 0 Å². The fourth-order valence-corrected chi connectivity index (χ4v) is 1.73. The molecule has 2 rings (SSSR count). The van der Waals surface area contributed by atoms with Gasteiger partial charge < -0.3 is 10.1 Å². The molecule has 0 aliphatic rings. The Labute approximate surface area is 117 Å². The first-order valence-electron chi connectivity index (χ1n) is 6.62. The SMILES string of the molecule is CCOCCCNC(=O)c1ccc(-n2cncn2)cc1. The third kappa shape index (κ3) is 3.89. The molecule has 1 heterocycles. The van der Waals surface area contributed by atoms with Crippen molar-refractivity contribution in [2.24, 2.45) is 0 Å². The van der Waals surface area contributed by atoms with Crippen molar-refractivity contribution >= 4 is 5.91 Å². The number of nitrogens with zero attached hydrogens (tertiary/aromatic N) is 3. The molecule has 0 saturated heterocycles. The van der Waals surface area contributed by atoms with Crippen LogP contribution < -0.4 is 5.32 Å². The minimum atomic E-state index is -0.0772. The monoisotopic (exact) mass is 274 g/mol. The summed E-state index contributed by atoms with van der Waals surface area (Å²) in [6, 6.07) is 7.22. The Bertz CT molecular complexity index is 523.